The molecule has 1 aliphatic rings. The van der Waals surface area contributed by atoms with Crippen LogP contribution in [-0.4, -0.2) is 50.1 Å². The second kappa shape index (κ2) is 7.57. The van der Waals surface area contributed by atoms with Crippen molar-refractivity contribution in [2.75, 3.05) is 28.6 Å². The van der Waals surface area contributed by atoms with Gasteiger partial charge in [0.05, 0.1) is 34.1 Å². The minimum absolute atomic E-state index is 0.0853. The molecule has 0 radical (unpaired) electrons. The van der Waals surface area contributed by atoms with Crippen LogP contribution in [0.1, 0.15) is 20.8 Å². The largest absolute Gasteiger partial charge is 0.459 e. The smallest absolute Gasteiger partial charge is 0.302 e. The number of hydrogen-bond donors (Lipinski definition) is 1. The zero-order chi connectivity index (χ0) is 18.9. The standard InChI is InChI=1S/C15H20Cl2N2O5S/c1-4-18-9(2)19(15-6-13(17)12(16)5-14(15)18)7-11(24-10(3)20)8-25(21,22)23/h5-6,9,11H,4,7-8H2,1-3H3,(H,21,22,23)/t9-,11-/m0/s1. The van der Waals surface area contributed by atoms with Gasteiger partial charge in [-0.3, -0.25) is 9.35 Å². The van der Waals surface area contributed by atoms with Crippen molar-refractivity contribution >= 4 is 50.7 Å². The van der Waals surface area contributed by atoms with Crippen LogP contribution in [-0.2, 0) is 19.6 Å². The van der Waals surface area contributed by atoms with Crippen LogP contribution in [0.3, 0.4) is 0 Å². The molecule has 0 aromatic heterocycles. The number of fused-ring (bicyclic) bond motifs is 1. The molecule has 10 heteroatoms. The van der Waals surface area contributed by atoms with E-state index in [1.165, 1.54) is 6.92 Å². The molecule has 0 amide bonds. The van der Waals surface area contributed by atoms with Crippen molar-refractivity contribution in [2.45, 2.75) is 33.0 Å². The maximum absolute atomic E-state index is 11.3. The van der Waals surface area contributed by atoms with Crippen LogP contribution in [0.4, 0.5) is 11.4 Å². The van der Waals surface area contributed by atoms with Crippen LogP contribution >= 0.6 is 23.2 Å². The predicted molar refractivity (Wildman–Crippen MR) is 98.3 cm³/mol. The summed E-state index contributed by atoms with van der Waals surface area (Å²) in [5.41, 5.74) is 1.62. The van der Waals surface area contributed by atoms with Crippen molar-refractivity contribution < 1.29 is 22.5 Å². The second-order valence-corrected chi connectivity index (χ2v) is 8.12. The van der Waals surface area contributed by atoms with Crippen molar-refractivity contribution in [3.8, 4) is 0 Å². The summed E-state index contributed by atoms with van der Waals surface area (Å²) < 4.78 is 36.7. The molecule has 140 valence electrons. The van der Waals surface area contributed by atoms with Crippen LogP contribution < -0.4 is 9.80 Å². The summed E-state index contributed by atoms with van der Waals surface area (Å²) in [7, 11) is -4.30. The fourth-order valence-electron chi connectivity index (χ4n) is 3.06. The van der Waals surface area contributed by atoms with Crippen molar-refractivity contribution in [3.63, 3.8) is 0 Å². The highest BCUT2D eigenvalue weighted by atomic mass is 35.5. The second-order valence-electron chi connectivity index (χ2n) is 5.81. The van der Waals surface area contributed by atoms with Crippen LogP contribution in [0, 0.1) is 0 Å². The first-order chi connectivity index (χ1) is 11.5. The van der Waals surface area contributed by atoms with E-state index >= 15 is 0 Å². The highest BCUT2D eigenvalue weighted by molar-refractivity contribution is 7.85. The first-order valence-corrected chi connectivity index (χ1v) is 10.0. The Morgan fingerprint density at radius 3 is 2.24 bits per heavy atom. The van der Waals surface area contributed by atoms with E-state index in [0.29, 0.717) is 16.6 Å². The lowest BCUT2D eigenvalue weighted by molar-refractivity contribution is -0.144. The summed E-state index contributed by atoms with van der Waals surface area (Å²) in [6, 6.07) is 3.45. The quantitative estimate of drug-likeness (QED) is 0.569. The predicted octanol–water partition coefficient (Wildman–Crippen LogP) is 2.81. The van der Waals surface area contributed by atoms with Gasteiger partial charge in [0.25, 0.3) is 10.1 Å². The lowest BCUT2D eigenvalue weighted by Gasteiger charge is -2.31. The third kappa shape index (κ3) is 4.69. The van der Waals surface area contributed by atoms with Gasteiger partial charge in [0.2, 0.25) is 0 Å². The Labute approximate surface area is 157 Å². The Morgan fingerprint density at radius 1 is 1.28 bits per heavy atom. The third-order valence-corrected chi connectivity index (χ3v) is 5.52. The number of hydrogen-bond acceptors (Lipinski definition) is 6. The minimum Gasteiger partial charge on any atom is -0.459 e. The molecule has 0 unspecified atom stereocenters. The molecule has 0 saturated carbocycles. The lowest BCUT2D eigenvalue weighted by atomic mass is 10.2. The van der Waals surface area contributed by atoms with Crippen molar-refractivity contribution in [2.24, 2.45) is 0 Å². The van der Waals surface area contributed by atoms with Crippen LogP contribution in [0.15, 0.2) is 12.1 Å². The van der Waals surface area contributed by atoms with E-state index in [-0.39, 0.29) is 12.7 Å². The Balaban J connectivity index is 2.37. The van der Waals surface area contributed by atoms with Gasteiger partial charge in [-0.2, -0.15) is 8.42 Å². The van der Waals surface area contributed by atoms with Gasteiger partial charge in [0.15, 0.2) is 0 Å². The van der Waals surface area contributed by atoms with E-state index in [2.05, 4.69) is 4.90 Å². The number of benzene rings is 1. The van der Waals surface area contributed by atoms with Gasteiger partial charge in [0.1, 0.15) is 11.9 Å². The molecule has 1 aliphatic heterocycles. The van der Waals surface area contributed by atoms with E-state index in [4.69, 9.17) is 32.5 Å². The fourth-order valence-corrected chi connectivity index (χ4v) is 4.01. The van der Waals surface area contributed by atoms with Gasteiger partial charge >= 0.3 is 5.97 Å². The molecule has 0 aliphatic carbocycles. The summed E-state index contributed by atoms with van der Waals surface area (Å²) in [6.45, 7) is 5.88. The van der Waals surface area contributed by atoms with Gasteiger partial charge in [0, 0.05) is 13.5 Å². The summed E-state index contributed by atoms with van der Waals surface area (Å²) in [6.07, 6.45) is -1.15. The highest BCUT2D eigenvalue weighted by Crippen LogP contribution is 2.43. The fraction of sp³-hybridized carbons (Fsp3) is 0.533. The summed E-state index contributed by atoms with van der Waals surface area (Å²) in [5.74, 6) is -1.30. The van der Waals surface area contributed by atoms with Crippen molar-refractivity contribution in [1.29, 1.82) is 0 Å². The summed E-state index contributed by atoms with van der Waals surface area (Å²) >= 11 is 12.2. The Bertz CT molecular complexity index is 771. The summed E-state index contributed by atoms with van der Waals surface area (Å²) in [4.78, 5) is 15.2. The molecular weight excluding hydrogens is 391 g/mol. The van der Waals surface area contributed by atoms with E-state index in [9.17, 15) is 13.2 Å². The molecule has 2 atom stereocenters. The zero-order valence-electron chi connectivity index (χ0n) is 14.1. The number of esters is 1. The Hall–Kier alpha value is -1.22. The first-order valence-electron chi connectivity index (χ1n) is 7.68. The van der Waals surface area contributed by atoms with Crippen LogP contribution in [0.25, 0.3) is 0 Å². The molecular formula is C15H20Cl2N2O5S. The Kier molecular flexibility index (Phi) is 6.09. The number of anilines is 2. The molecule has 0 fully saturated rings. The average molecular weight is 411 g/mol. The molecule has 2 rings (SSSR count). The van der Waals surface area contributed by atoms with Crippen LogP contribution in [0.5, 0.6) is 0 Å². The van der Waals surface area contributed by atoms with Gasteiger partial charge in [-0.1, -0.05) is 23.2 Å². The van der Waals surface area contributed by atoms with E-state index in [1.54, 1.807) is 12.1 Å². The molecule has 1 heterocycles. The summed E-state index contributed by atoms with van der Waals surface area (Å²) in [5, 5.41) is 0.789. The molecule has 0 bridgehead atoms. The lowest BCUT2D eigenvalue weighted by Crippen LogP contribution is -2.46. The average Bonchev–Trinajstić information content (AvgIpc) is 2.69. The van der Waals surface area contributed by atoms with E-state index in [1.807, 2.05) is 18.7 Å². The number of carbonyl (C=O) groups is 1. The number of ether oxygens (including phenoxy) is 1. The number of carbonyl (C=O) groups excluding carboxylic acids is 1. The zero-order valence-corrected chi connectivity index (χ0v) is 16.4. The number of halogens is 2. The molecule has 25 heavy (non-hydrogen) atoms. The van der Waals surface area contributed by atoms with E-state index < -0.39 is 27.9 Å². The molecule has 1 aromatic rings. The first kappa shape index (κ1) is 20.1. The van der Waals surface area contributed by atoms with E-state index in [0.717, 1.165) is 11.4 Å². The SMILES string of the molecule is CCN1c2cc(Cl)c(Cl)cc2N(C[C@@H](CS(=O)(=O)O)OC(C)=O)[C@H]1C. The minimum atomic E-state index is -4.30. The number of rotatable bonds is 6. The van der Waals surface area contributed by atoms with Gasteiger partial charge in [-0.05, 0) is 26.0 Å². The molecule has 1 aromatic carbocycles. The molecule has 1 N–H and O–H groups in total. The third-order valence-electron chi connectivity index (χ3n) is 4.01. The highest BCUT2D eigenvalue weighted by Gasteiger charge is 2.35. The maximum Gasteiger partial charge on any atom is 0.302 e. The van der Waals surface area contributed by atoms with Crippen LogP contribution in [0.2, 0.25) is 10.0 Å². The van der Waals surface area contributed by atoms with Crippen molar-refractivity contribution in [3.05, 3.63) is 22.2 Å². The van der Waals surface area contributed by atoms with Gasteiger partial charge in [-0.25, -0.2) is 0 Å². The molecule has 7 nitrogen and oxygen atoms in total. The maximum atomic E-state index is 11.3. The Morgan fingerprint density at radius 2 is 1.80 bits per heavy atom. The van der Waals surface area contributed by atoms with Gasteiger partial charge < -0.3 is 14.5 Å². The molecule has 0 spiro atoms. The topological polar surface area (TPSA) is 87.2 Å². The van der Waals surface area contributed by atoms with Gasteiger partial charge in [-0.15, -0.1) is 0 Å². The molecule has 0 saturated heterocycles. The van der Waals surface area contributed by atoms with Crippen molar-refractivity contribution in [1.82, 2.24) is 0 Å². The monoisotopic (exact) mass is 410 g/mol. The normalized spacial score (nSPS) is 18.2. The number of nitrogens with zero attached hydrogens (tertiary/aromatic N) is 2.